The third kappa shape index (κ3) is 1.88. The lowest BCUT2D eigenvalue weighted by molar-refractivity contribution is 0.250. The molecule has 0 saturated heterocycles. The number of hydrogen-bond acceptors (Lipinski definition) is 2. The Morgan fingerprint density at radius 1 is 1.15 bits per heavy atom. The molecule has 0 bridgehead atoms. The third-order valence-corrected chi connectivity index (χ3v) is 4.89. The van der Waals surface area contributed by atoms with Gasteiger partial charge in [-0.2, -0.15) is 0 Å². The van der Waals surface area contributed by atoms with Crippen LogP contribution in [0.2, 0.25) is 0 Å². The number of aromatic nitrogens is 2. The summed E-state index contributed by atoms with van der Waals surface area (Å²) in [5.41, 5.74) is 5.22. The summed E-state index contributed by atoms with van der Waals surface area (Å²) in [6, 6.07) is 6.77. The largest absolute Gasteiger partial charge is 0.395 e. The second-order valence-corrected chi connectivity index (χ2v) is 6.27. The number of rotatable bonds is 3. The van der Waals surface area contributed by atoms with Gasteiger partial charge in [0, 0.05) is 0 Å². The number of aliphatic hydroxyl groups is 1. The van der Waals surface area contributed by atoms with Crippen molar-refractivity contribution in [3.63, 3.8) is 0 Å². The lowest BCUT2D eigenvalue weighted by Crippen LogP contribution is -2.13. The second-order valence-electron chi connectivity index (χ2n) is 6.27. The molecule has 1 fully saturated rings. The zero-order valence-corrected chi connectivity index (χ0v) is 11.7. The lowest BCUT2D eigenvalue weighted by Gasteiger charge is -2.16. The van der Waals surface area contributed by atoms with Crippen molar-refractivity contribution >= 4 is 0 Å². The number of H-pyrrole nitrogens is 1. The molecule has 104 valence electrons. The maximum Gasteiger partial charge on any atom is 0.115 e. The summed E-state index contributed by atoms with van der Waals surface area (Å²) in [4.78, 5) is 7.91. The van der Waals surface area contributed by atoms with Crippen LogP contribution in [0.25, 0.3) is 11.3 Å². The molecule has 20 heavy (non-hydrogen) atoms. The van der Waals surface area contributed by atoms with Crippen molar-refractivity contribution in [1.82, 2.24) is 9.97 Å². The molecule has 1 heterocycles. The van der Waals surface area contributed by atoms with Crippen LogP contribution < -0.4 is 0 Å². The first-order valence-corrected chi connectivity index (χ1v) is 7.59. The minimum absolute atomic E-state index is 0.0769. The van der Waals surface area contributed by atoms with Gasteiger partial charge in [-0.25, -0.2) is 4.98 Å². The van der Waals surface area contributed by atoms with Gasteiger partial charge in [0.25, 0.3) is 0 Å². The van der Waals surface area contributed by atoms with E-state index in [-0.39, 0.29) is 12.0 Å². The fourth-order valence-electron chi connectivity index (χ4n) is 3.26. The van der Waals surface area contributed by atoms with E-state index in [4.69, 9.17) is 0 Å². The van der Waals surface area contributed by atoms with Gasteiger partial charge in [0.1, 0.15) is 5.82 Å². The van der Waals surface area contributed by atoms with Crippen molar-refractivity contribution in [3.05, 3.63) is 41.3 Å². The molecule has 2 aliphatic carbocycles. The van der Waals surface area contributed by atoms with Crippen molar-refractivity contribution in [1.29, 1.82) is 0 Å². The van der Waals surface area contributed by atoms with E-state index >= 15 is 0 Å². The van der Waals surface area contributed by atoms with Crippen LogP contribution in [-0.2, 0) is 18.3 Å². The highest BCUT2D eigenvalue weighted by atomic mass is 16.3. The smallest absolute Gasteiger partial charge is 0.115 e. The zero-order valence-electron chi connectivity index (χ0n) is 11.7. The van der Waals surface area contributed by atoms with Crippen molar-refractivity contribution in [3.8, 4) is 11.3 Å². The molecule has 0 amide bonds. The number of fused-ring (bicyclic) bond motifs is 1. The van der Waals surface area contributed by atoms with Gasteiger partial charge in [-0.05, 0) is 61.3 Å². The number of aryl methyl sites for hydroxylation is 2. The number of aliphatic hydroxyl groups excluding tert-OH is 1. The first-order chi connectivity index (χ1) is 9.81. The van der Waals surface area contributed by atoms with E-state index < -0.39 is 0 Å². The van der Waals surface area contributed by atoms with Crippen molar-refractivity contribution < 1.29 is 5.11 Å². The molecule has 3 nitrogen and oxygen atoms in total. The number of nitrogens with zero attached hydrogens (tertiary/aromatic N) is 1. The summed E-state index contributed by atoms with van der Waals surface area (Å²) in [6.45, 7) is 0.199. The summed E-state index contributed by atoms with van der Waals surface area (Å²) in [5, 5.41) is 9.49. The Morgan fingerprint density at radius 3 is 2.70 bits per heavy atom. The molecule has 2 N–H and O–H groups in total. The quantitative estimate of drug-likeness (QED) is 0.899. The molecule has 0 atom stereocenters. The van der Waals surface area contributed by atoms with Gasteiger partial charge in [0.15, 0.2) is 0 Å². The van der Waals surface area contributed by atoms with Gasteiger partial charge in [-0.15, -0.1) is 0 Å². The lowest BCUT2D eigenvalue weighted by atomic mass is 9.90. The molecule has 0 aliphatic heterocycles. The molecule has 1 aromatic heterocycles. The number of hydrogen-bond donors (Lipinski definition) is 2. The zero-order chi connectivity index (χ0) is 13.6. The van der Waals surface area contributed by atoms with E-state index in [1.54, 1.807) is 0 Å². The highest BCUT2D eigenvalue weighted by Gasteiger charge is 2.46. The van der Waals surface area contributed by atoms with Crippen molar-refractivity contribution in [2.75, 3.05) is 6.61 Å². The Morgan fingerprint density at radius 2 is 1.95 bits per heavy atom. The van der Waals surface area contributed by atoms with Crippen molar-refractivity contribution in [2.45, 2.75) is 43.9 Å². The van der Waals surface area contributed by atoms with E-state index in [1.165, 1.54) is 42.4 Å². The molecule has 2 aromatic rings. The van der Waals surface area contributed by atoms with Gasteiger partial charge in [-0.3, -0.25) is 0 Å². The van der Waals surface area contributed by atoms with Crippen LogP contribution in [-0.4, -0.2) is 21.7 Å². The first-order valence-electron chi connectivity index (χ1n) is 7.59. The maximum atomic E-state index is 9.49. The second kappa shape index (κ2) is 4.45. The van der Waals surface area contributed by atoms with Crippen LogP contribution >= 0.6 is 0 Å². The Hall–Kier alpha value is -1.61. The number of benzene rings is 1. The van der Waals surface area contributed by atoms with Crippen LogP contribution in [0.4, 0.5) is 0 Å². The first kappa shape index (κ1) is 12.2. The number of imidazole rings is 1. The average Bonchev–Trinajstić information content (AvgIpc) is 3.15. The van der Waals surface area contributed by atoms with E-state index in [1.807, 2.05) is 6.20 Å². The Bertz CT molecular complexity index is 640. The van der Waals surface area contributed by atoms with Gasteiger partial charge in [0.2, 0.25) is 0 Å². The third-order valence-electron chi connectivity index (χ3n) is 4.89. The molecule has 3 heteroatoms. The predicted molar refractivity (Wildman–Crippen MR) is 78.7 cm³/mol. The summed E-state index contributed by atoms with van der Waals surface area (Å²) in [6.07, 6.45) is 9.04. The maximum absolute atomic E-state index is 9.49. The molecule has 2 aliphatic rings. The molecule has 1 aromatic carbocycles. The standard InChI is InChI=1S/C17H20N2O/c20-11-17(7-8-17)16-18-10-15(19-16)14-6-5-12-3-1-2-4-13(12)9-14/h5-6,9-10,20H,1-4,7-8,11H2,(H,18,19). The van der Waals surface area contributed by atoms with E-state index in [2.05, 4.69) is 28.2 Å². The van der Waals surface area contributed by atoms with Gasteiger partial charge < -0.3 is 10.1 Å². The summed E-state index contributed by atoms with van der Waals surface area (Å²) < 4.78 is 0. The minimum atomic E-state index is -0.0769. The highest BCUT2D eigenvalue weighted by Crippen LogP contribution is 2.46. The minimum Gasteiger partial charge on any atom is -0.395 e. The molecular formula is C17H20N2O. The fraction of sp³-hybridized carbons (Fsp3) is 0.471. The molecule has 0 spiro atoms. The van der Waals surface area contributed by atoms with Gasteiger partial charge in [0.05, 0.1) is 23.9 Å². The van der Waals surface area contributed by atoms with Crippen LogP contribution in [0.3, 0.4) is 0 Å². The SMILES string of the molecule is OCC1(c2ncc(-c3ccc4c(c3)CCCC4)[nH]2)CC1. The molecule has 4 rings (SSSR count). The van der Waals surface area contributed by atoms with Gasteiger partial charge in [-0.1, -0.05) is 12.1 Å². The summed E-state index contributed by atoms with van der Waals surface area (Å²) in [7, 11) is 0. The monoisotopic (exact) mass is 268 g/mol. The summed E-state index contributed by atoms with van der Waals surface area (Å²) in [5.74, 6) is 0.952. The molecule has 0 radical (unpaired) electrons. The predicted octanol–water partition coefficient (Wildman–Crippen LogP) is 2.98. The number of nitrogens with one attached hydrogen (secondary N) is 1. The van der Waals surface area contributed by atoms with Crippen molar-refractivity contribution in [2.24, 2.45) is 0 Å². The Kier molecular flexibility index (Phi) is 2.71. The van der Waals surface area contributed by atoms with Crippen LogP contribution in [0, 0.1) is 0 Å². The molecule has 1 saturated carbocycles. The average molecular weight is 268 g/mol. The number of aromatic amines is 1. The summed E-state index contributed by atoms with van der Waals surface area (Å²) >= 11 is 0. The Labute approximate surface area is 119 Å². The highest BCUT2D eigenvalue weighted by molar-refractivity contribution is 5.61. The van der Waals surface area contributed by atoms with E-state index in [0.717, 1.165) is 24.4 Å². The van der Waals surface area contributed by atoms with E-state index in [9.17, 15) is 5.11 Å². The van der Waals surface area contributed by atoms with Crippen LogP contribution in [0.1, 0.15) is 42.6 Å². The van der Waals surface area contributed by atoms with Crippen LogP contribution in [0.15, 0.2) is 24.4 Å². The molecule has 0 unspecified atom stereocenters. The van der Waals surface area contributed by atoms with Crippen LogP contribution in [0.5, 0.6) is 0 Å². The fourth-order valence-corrected chi connectivity index (χ4v) is 3.26. The van der Waals surface area contributed by atoms with E-state index in [0.29, 0.717) is 0 Å². The topological polar surface area (TPSA) is 48.9 Å². The Balaban J connectivity index is 1.67. The molecular weight excluding hydrogens is 248 g/mol. The van der Waals surface area contributed by atoms with Gasteiger partial charge >= 0.3 is 0 Å². The normalized spacial score (nSPS) is 19.6.